The Morgan fingerprint density at radius 3 is 1.96 bits per heavy atom. The van der Waals surface area contributed by atoms with Gasteiger partial charge in [0.1, 0.15) is 0 Å². The minimum Gasteiger partial charge on any atom is -0.299 e. The molecule has 4 rings (SSSR count). The van der Waals surface area contributed by atoms with Crippen molar-refractivity contribution in [1.29, 1.82) is 0 Å². The van der Waals surface area contributed by atoms with E-state index in [-0.39, 0.29) is 14.6 Å². The molecular formula is C18H17N3O4S3. The standard InChI is InChI=1S/C18H17N3O4S3/c1-3-20-13-7-5-11(9-15(13)26-17(20)22)19-28(24,25)12-6-8-14-16(10-12)27-18(23)21(14)4-2/h5-10,19H,3-4H2,1-2H3. The van der Waals surface area contributed by atoms with E-state index < -0.39 is 10.0 Å². The van der Waals surface area contributed by atoms with Gasteiger partial charge in [0, 0.05) is 13.1 Å². The summed E-state index contributed by atoms with van der Waals surface area (Å²) in [6, 6.07) is 9.71. The highest BCUT2D eigenvalue weighted by Gasteiger charge is 2.17. The zero-order chi connectivity index (χ0) is 20.1. The summed E-state index contributed by atoms with van der Waals surface area (Å²) >= 11 is 2.11. The number of aryl methyl sites for hydroxylation is 2. The van der Waals surface area contributed by atoms with Crippen LogP contribution in [-0.2, 0) is 23.1 Å². The molecule has 0 atom stereocenters. The first-order valence-electron chi connectivity index (χ1n) is 8.63. The molecule has 0 spiro atoms. The number of hydrogen-bond acceptors (Lipinski definition) is 6. The molecule has 0 aliphatic heterocycles. The van der Waals surface area contributed by atoms with Crippen molar-refractivity contribution in [3.05, 3.63) is 55.7 Å². The molecule has 1 N–H and O–H groups in total. The van der Waals surface area contributed by atoms with Crippen LogP contribution in [0.2, 0.25) is 0 Å². The molecule has 2 heterocycles. The molecule has 0 unspecified atom stereocenters. The molecule has 0 fully saturated rings. The van der Waals surface area contributed by atoms with E-state index in [0.717, 1.165) is 38.4 Å². The minimum absolute atomic E-state index is 0.0710. The van der Waals surface area contributed by atoms with Gasteiger partial charge in [0.2, 0.25) is 0 Å². The maximum Gasteiger partial charge on any atom is 0.308 e. The summed E-state index contributed by atoms with van der Waals surface area (Å²) < 4.78 is 32.8. The van der Waals surface area contributed by atoms with Crippen molar-refractivity contribution in [2.75, 3.05) is 4.72 Å². The lowest BCUT2D eigenvalue weighted by Gasteiger charge is -2.09. The van der Waals surface area contributed by atoms with Crippen LogP contribution in [0.5, 0.6) is 0 Å². The Bertz CT molecular complexity index is 1420. The van der Waals surface area contributed by atoms with Crippen LogP contribution in [0.4, 0.5) is 5.69 Å². The summed E-state index contributed by atoms with van der Waals surface area (Å²) in [7, 11) is -3.83. The van der Waals surface area contributed by atoms with Crippen molar-refractivity contribution in [3.8, 4) is 0 Å². The number of nitrogens with one attached hydrogen (secondary N) is 1. The second kappa shape index (κ2) is 6.87. The number of aromatic nitrogens is 2. The van der Waals surface area contributed by atoms with Crippen LogP contribution in [0.25, 0.3) is 20.4 Å². The smallest absolute Gasteiger partial charge is 0.299 e. The Hall–Kier alpha value is -2.43. The molecule has 0 bridgehead atoms. The van der Waals surface area contributed by atoms with E-state index in [4.69, 9.17) is 0 Å². The Labute approximate surface area is 168 Å². The van der Waals surface area contributed by atoms with Gasteiger partial charge in [-0.3, -0.25) is 23.4 Å². The van der Waals surface area contributed by atoms with Crippen LogP contribution in [0.1, 0.15) is 13.8 Å². The number of thiazole rings is 2. The van der Waals surface area contributed by atoms with Gasteiger partial charge < -0.3 is 0 Å². The summed E-state index contributed by atoms with van der Waals surface area (Å²) in [5, 5.41) is 0. The molecule has 7 nitrogen and oxygen atoms in total. The lowest BCUT2D eigenvalue weighted by atomic mass is 10.3. The van der Waals surface area contributed by atoms with E-state index in [1.165, 1.54) is 12.1 Å². The number of anilines is 1. The second-order valence-corrected chi connectivity index (χ2v) is 9.81. The third-order valence-corrected chi connectivity index (χ3v) is 7.77. The molecule has 0 saturated heterocycles. The molecule has 28 heavy (non-hydrogen) atoms. The Morgan fingerprint density at radius 2 is 1.39 bits per heavy atom. The second-order valence-electron chi connectivity index (χ2n) is 6.14. The monoisotopic (exact) mass is 435 g/mol. The SMILES string of the molecule is CCn1c(=O)sc2cc(NS(=O)(=O)c3ccc4c(c3)sc(=O)n4CC)ccc21. The highest BCUT2D eigenvalue weighted by atomic mass is 32.2. The predicted molar refractivity (Wildman–Crippen MR) is 114 cm³/mol. The summed E-state index contributed by atoms with van der Waals surface area (Å²) in [4.78, 5) is 23.9. The van der Waals surface area contributed by atoms with E-state index >= 15 is 0 Å². The van der Waals surface area contributed by atoms with Crippen LogP contribution in [0.3, 0.4) is 0 Å². The summed E-state index contributed by atoms with van der Waals surface area (Å²) in [6.45, 7) is 4.85. The van der Waals surface area contributed by atoms with Crippen LogP contribution in [-0.4, -0.2) is 17.6 Å². The first kappa shape index (κ1) is 18.9. The average Bonchev–Trinajstić information content (AvgIpc) is 3.14. The number of sulfonamides is 1. The maximum atomic E-state index is 12.8. The third-order valence-electron chi connectivity index (χ3n) is 4.50. The quantitative estimate of drug-likeness (QED) is 0.521. The van der Waals surface area contributed by atoms with E-state index in [0.29, 0.717) is 23.5 Å². The first-order chi connectivity index (χ1) is 13.3. The van der Waals surface area contributed by atoms with E-state index in [1.54, 1.807) is 33.4 Å². The summed E-state index contributed by atoms with van der Waals surface area (Å²) in [6.07, 6.45) is 0. The van der Waals surface area contributed by atoms with Gasteiger partial charge in [-0.15, -0.1) is 0 Å². The van der Waals surface area contributed by atoms with Gasteiger partial charge in [0.25, 0.3) is 10.0 Å². The molecule has 2 aromatic carbocycles. The summed E-state index contributed by atoms with van der Waals surface area (Å²) in [5.74, 6) is 0. The van der Waals surface area contributed by atoms with Gasteiger partial charge in [0.05, 0.1) is 31.0 Å². The van der Waals surface area contributed by atoms with Gasteiger partial charge in [-0.1, -0.05) is 22.7 Å². The van der Waals surface area contributed by atoms with Gasteiger partial charge in [-0.05, 0) is 50.2 Å². The Morgan fingerprint density at radius 1 is 0.857 bits per heavy atom. The van der Waals surface area contributed by atoms with Gasteiger partial charge in [-0.2, -0.15) is 0 Å². The Kier molecular flexibility index (Phi) is 4.64. The number of hydrogen-bond donors (Lipinski definition) is 1. The molecule has 0 saturated carbocycles. The normalized spacial score (nSPS) is 12.1. The fourth-order valence-corrected chi connectivity index (χ4v) is 6.30. The molecular weight excluding hydrogens is 418 g/mol. The third kappa shape index (κ3) is 3.07. The first-order valence-corrected chi connectivity index (χ1v) is 11.7. The zero-order valence-corrected chi connectivity index (χ0v) is 17.6. The number of nitrogens with zero attached hydrogens (tertiary/aromatic N) is 2. The van der Waals surface area contributed by atoms with Crippen LogP contribution < -0.4 is 14.5 Å². The van der Waals surface area contributed by atoms with Crippen LogP contribution >= 0.6 is 22.7 Å². The average molecular weight is 436 g/mol. The fourth-order valence-electron chi connectivity index (χ4n) is 3.16. The molecule has 4 aromatic rings. The Balaban J connectivity index is 1.73. The maximum absolute atomic E-state index is 12.8. The topological polar surface area (TPSA) is 90.2 Å². The zero-order valence-electron chi connectivity index (χ0n) is 15.1. The lowest BCUT2D eigenvalue weighted by Crippen LogP contribution is -2.13. The van der Waals surface area contributed by atoms with Crippen molar-refractivity contribution in [3.63, 3.8) is 0 Å². The molecule has 146 valence electrons. The highest BCUT2D eigenvalue weighted by Crippen LogP contribution is 2.26. The van der Waals surface area contributed by atoms with E-state index in [2.05, 4.69) is 4.72 Å². The largest absolute Gasteiger partial charge is 0.308 e. The van der Waals surface area contributed by atoms with Crippen LogP contribution in [0, 0.1) is 0 Å². The number of fused-ring (bicyclic) bond motifs is 2. The van der Waals surface area contributed by atoms with Crippen molar-refractivity contribution in [2.45, 2.75) is 31.8 Å². The van der Waals surface area contributed by atoms with Crippen molar-refractivity contribution >= 4 is 58.8 Å². The predicted octanol–water partition coefficient (Wildman–Crippen LogP) is 3.28. The highest BCUT2D eigenvalue weighted by molar-refractivity contribution is 7.92. The molecule has 0 amide bonds. The van der Waals surface area contributed by atoms with Gasteiger partial charge >= 0.3 is 9.75 Å². The van der Waals surface area contributed by atoms with Gasteiger partial charge in [-0.25, -0.2) is 8.42 Å². The van der Waals surface area contributed by atoms with E-state index in [9.17, 15) is 18.0 Å². The van der Waals surface area contributed by atoms with Crippen molar-refractivity contribution in [2.24, 2.45) is 0 Å². The van der Waals surface area contributed by atoms with Gasteiger partial charge in [0.15, 0.2) is 0 Å². The minimum atomic E-state index is -3.83. The molecule has 0 radical (unpaired) electrons. The molecule has 10 heteroatoms. The molecule has 2 aromatic heterocycles. The van der Waals surface area contributed by atoms with Crippen molar-refractivity contribution in [1.82, 2.24) is 9.13 Å². The fraction of sp³-hybridized carbons (Fsp3) is 0.222. The number of rotatable bonds is 5. The summed E-state index contributed by atoms with van der Waals surface area (Å²) in [5.41, 5.74) is 1.90. The van der Waals surface area contributed by atoms with E-state index in [1.807, 2.05) is 13.8 Å². The molecule has 0 aliphatic rings. The lowest BCUT2D eigenvalue weighted by molar-refractivity contribution is 0.601. The number of benzene rings is 2. The van der Waals surface area contributed by atoms with Crippen molar-refractivity contribution < 1.29 is 8.42 Å². The molecule has 0 aliphatic carbocycles. The van der Waals surface area contributed by atoms with Crippen LogP contribution in [0.15, 0.2) is 50.9 Å².